The Bertz CT molecular complexity index is 862. The van der Waals surface area contributed by atoms with Gasteiger partial charge in [0.25, 0.3) is 0 Å². The van der Waals surface area contributed by atoms with Crippen LogP contribution in [0.1, 0.15) is 42.7 Å². The van der Waals surface area contributed by atoms with E-state index in [2.05, 4.69) is 58.7 Å². The molecule has 0 bridgehead atoms. The summed E-state index contributed by atoms with van der Waals surface area (Å²) in [5, 5.41) is 12.9. The summed E-state index contributed by atoms with van der Waals surface area (Å²) in [4.78, 5) is 13.3. The lowest BCUT2D eigenvalue weighted by Crippen LogP contribution is -2.47. The largest absolute Gasteiger partial charge is 0.497 e. The van der Waals surface area contributed by atoms with E-state index < -0.39 is 5.97 Å². The highest BCUT2D eigenvalue weighted by Crippen LogP contribution is 2.42. The highest BCUT2D eigenvalue weighted by molar-refractivity contribution is 5.66. The van der Waals surface area contributed by atoms with Crippen LogP contribution in [0.3, 0.4) is 0 Å². The van der Waals surface area contributed by atoms with Crippen molar-refractivity contribution in [3.05, 3.63) is 65.7 Å². The first-order valence-corrected chi connectivity index (χ1v) is 11.4. The summed E-state index contributed by atoms with van der Waals surface area (Å²) < 4.78 is 5.44. The normalized spacial score (nSPS) is 22.7. The molecule has 0 spiro atoms. The van der Waals surface area contributed by atoms with Crippen molar-refractivity contribution in [3.8, 4) is 5.75 Å². The number of likely N-dealkylation sites (tertiary alicyclic amines) is 1. The summed E-state index contributed by atoms with van der Waals surface area (Å²) in [6.45, 7) is 3.58. The lowest BCUT2D eigenvalue weighted by Gasteiger charge is -2.42. The second kappa shape index (κ2) is 9.84. The molecule has 166 valence electrons. The molecule has 5 heteroatoms. The third-order valence-electron chi connectivity index (χ3n) is 7.03. The highest BCUT2D eigenvalue weighted by Gasteiger charge is 2.41. The summed E-state index contributed by atoms with van der Waals surface area (Å²) in [6, 6.07) is 19.8. The van der Waals surface area contributed by atoms with Crippen molar-refractivity contribution in [2.75, 3.05) is 33.3 Å². The van der Waals surface area contributed by atoms with E-state index in [0.29, 0.717) is 18.5 Å². The molecule has 1 aliphatic heterocycles. The zero-order chi connectivity index (χ0) is 21.7. The quantitative estimate of drug-likeness (QED) is 0.607. The molecule has 1 heterocycles. The summed E-state index contributed by atoms with van der Waals surface area (Å²) in [5.41, 5.74) is 2.94. The van der Waals surface area contributed by atoms with Gasteiger partial charge in [-0.25, -0.2) is 0 Å². The topological polar surface area (TPSA) is 61.8 Å². The highest BCUT2D eigenvalue weighted by atomic mass is 16.5. The Morgan fingerprint density at radius 2 is 1.94 bits per heavy atom. The maximum Gasteiger partial charge on any atom is 0.304 e. The monoisotopic (exact) mass is 422 g/mol. The van der Waals surface area contributed by atoms with Crippen LogP contribution in [0.2, 0.25) is 0 Å². The fourth-order valence-electron chi connectivity index (χ4n) is 4.97. The number of hydrogen-bond acceptors (Lipinski definition) is 4. The molecular formula is C26H34N2O3. The third kappa shape index (κ3) is 5.86. The molecule has 2 atom stereocenters. The molecular weight excluding hydrogens is 388 g/mol. The first-order valence-electron chi connectivity index (χ1n) is 11.4. The first kappa shape index (κ1) is 21.8. The van der Waals surface area contributed by atoms with Crippen molar-refractivity contribution < 1.29 is 14.6 Å². The maximum atomic E-state index is 11.0. The average Bonchev–Trinajstić information content (AvgIpc) is 3.58. The van der Waals surface area contributed by atoms with Gasteiger partial charge in [-0.1, -0.05) is 42.5 Å². The summed E-state index contributed by atoms with van der Waals surface area (Å²) in [7, 11) is 1.72. The molecule has 2 fully saturated rings. The van der Waals surface area contributed by atoms with Gasteiger partial charge in [-0.15, -0.1) is 0 Å². The molecule has 2 aromatic rings. The Morgan fingerprint density at radius 3 is 2.65 bits per heavy atom. The number of hydrogen-bond donors (Lipinski definition) is 2. The van der Waals surface area contributed by atoms with Crippen molar-refractivity contribution in [1.82, 2.24) is 10.2 Å². The summed E-state index contributed by atoms with van der Waals surface area (Å²) >= 11 is 0. The standard InChI is InChI=1S/C26H34N2O3/c1-31-22-9-5-6-20(16-22)18-26(11-14-28(15-12-26)13-10-25(29)30)19-27-24-17-23(24)21-7-3-2-4-8-21/h2-9,16,23-24,27H,10-15,17-19H2,1H3,(H,29,30)/t23-,24+/m0/s1. The van der Waals surface area contributed by atoms with Crippen LogP contribution in [0.5, 0.6) is 5.75 Å². The van der Waals surface area contributed by atoms with Gasteiger partial charge in [-0.2, -0.15) is 0 Å². The van der Waals surface area contributed by atoms with Gasteiger partial charge in [0.15, 0.2) is 0 Å². The molecule has 0 radical (unpaired) electrons. The van der Waals surface area contributed by atoms with Gasteiger partial charge in [0, 0.05) is 25.0 Å². The molecule has 1 saturated heterocycles. The molecule has 1 saturated carbocycles. The van der Waals surface area contributed by atoms with E-state index in [1.54, 1.807) is 7.11 Å². The lowest BCUT2D eigenvalue weighted by atomic mass is 9.73. The van der Waals surface area contributed by atoms with E-state index in [1.807, 2.05) is 6.07 Å². The fraction of sp³-hybridized carbons (Fsp3) is 0.500. The predicted octanol–water partition coefficient (Wildman–Crippen LogP) is 3.94. The number of carboxylic acids is 1. The number of nitrogens with zero attached hydrogens (tertiary/aromatic N) is 1. The molecule has 2 aromatic carbocycles. The van der Waals surface area contributed by atoms with E-state index >= 15 is 0 Å². The van der Waals surface area contributed by atoms with Crippen molar-refractivity contribution in [2.24, 2.45) is 5.41 Å². The minimum atomic E-state index is -0.712. The average molecular weight is 423 g/mol. The Balaban J connectivity index is 1.40. The number of methoxy groups -OCH3 is 1. The van der Waals surface area contributed by atoms with E-state index in [0.717, 1.165) is 44.6 Å². The Hall–Kier alpha value is -2.37. The van der Waals surface area contributed by atoms with Gasteiger partial charge >= 0.3 is 5.97 Å². The molecule has 2 aliphatic rings. The number of ether oxygens (including phenoxy) is 1. The Labute approximate surface area is 185 Å². The summed E-state index contributed by atoms with van der Waals surface area (Å²) in [5.74, 6) is 0.826. The van der Waals surface area contributed by atoms with Crippen LogP contribution in [-0.4, -0.2) is 55.3 Å². The molecule has 1 aliphatic carbocycles. The van der Waals surface area contributed by atoms with Crippen LogP contribution in [0.15, 0.2) is 54.6 Å². The van der Waals surface area contributed by atoms with Crippen molar-refractivity contribution in [3.63, 3.8) is 0 Å². The first-order chi connectivity index (χ1) is 15.1. The number of piperidine rings is 1. The molecule has 0 unspecified atom stereocenters. The number of aliphatic carboxylic acids is 1. The zero-order valence-electron chi connectivity index (χ0n) is 18.4. The second-order valence-corrected chi connectivity index (χ2v) is 9.25. The van der Waals surface area contributed by atoms with Gasteiger partial charge in [0.2, 0.25) is 0 Å². The smallest absolute Gasteiger partial charge is 0.304 e. The predicted molar refractivity (Wildman–Crippen MR) is 123 cm³/mol. The van der Waals surface area contributed by atoms with Crippen LogP contribution in [-0.2, 0) is 11.2 Å². The number of nitrogens with one attached hydrogen (secondary N) is 1. The van der Waals surface area contributed by atoms with Crippen molar-refractivity contribution >= 4 is 5.97 Å². The van der Waals surface area contributed by atoms with Gasteiger partial charge in [0.1, 0.15) is 5.75 Å². The van der Waals surface area contributed by atoms with Gasteiger partial charge < -0.3 is 20.1 Å². The fourth-order valence-corrected chi connectivity index (χ4v) is 4.97. The Morgan fingerprint density at radius 1 is 1.16 bits per heavy atom. The summed E-state index contributed by atoms with van der Waals surface area (Å²) in [6.07, 6.45) is 4.62. The SMILES string of the molecule is COc1cccc(CC2(CN[C@@H]3C[C@H]3c3ccccc3)CCN(CCC(=O)O)CC2)c1. The van der Waals surface area contributed by atoms with Gasteiger partial charge in [-0.05, 0) is 67.4 Å². The van der Waals surface area contributed by atoms with E-state index in [1.165, 1.54) is 17.5 Å². The van der Waals surface area contributed by atoms with Crippen LogP contribution >= 0.6 is 0 Å². The molecule has 31 heavy (non-hydrogen) atoms. The van der Waals surface area contributed by atoms with E-state index in [9.17, 15) is 4.79 Å². The van der Waals surface area contributed by atoms with E-state index in [-0.39, 0.29) is 11.8 Å². The van der Waals surface area contributed by atoms with Crippen LogP contribution < -0.4 is 10.1 Å². The van der Waals surface area contributed by atoms with Crippen LogP contribution in [0, 0.1) is 5.41 Å². The molecule has 5 nitrogen and oxygen atoms in total. The minimum absolute atomic E-state index is 0.190. The minimum Gasteiger partial charge on any atom is -0.497 e. The van der Waals surface area contributed by atoms with Crippen molar-refractivity contribution in [1.29, 1.82) is 0 Å². The number of carboxylic acid groups (broad SMARTS) is 1. The van der Waals surface area contributed by atoms with Crippen LogP contribution in [0.4, 0.5) is 0 Å². The molecule has 0 aromatic heterocycles. The number of carbonyl (C=O) groups is 1. The van der Waals surface area contributed by atoms with Gasteiger partial charge in [-0.3, -0.25) is 4.79 Å². The second-order valence-electron chi connectivity index (χ2n) is 9.25. The lowest BCUT2D eigenvalue weighted by molar-refractivity contribution is -0.137. The number of benzene rings is 2. The van der Waals surface area contributed by atoms with Crippen molar-refractivity contribution in [2.45, 2.75) is 44.1 Å². The van der Waals surface area contributed by atoms with E-state index in [4.69, 9.17) is 9.84 Å². The molecule has 2 N–H and O–H groups in total. The Kier molecular flexibility index (Phi) is 6.93. The molecule has 4 rings (SSSR count). The third-order valence-corrected chi connectivity index (χ3v) is 7.03. The number of rotatable bonds is 10. The molecule has 0 amide bonds. The van der Waals surface area contributed by atoms with Crippen LogP contribution in [0.25, 0.3) is 0 Å². The maximum absolute atomic E-state index is 11.0. The van der Waals surface area contributed by atoms with Gasteiger partial charge in [0.05, 0.1) is 13.5 Å². The zero-order valence-corrected chi connectivity index (χ0v) is 18.4.